The number of hydrogen-bond donors (Lipinski definition) is 0. The fourth-order valence-electron chi connectivity index (χ4n) is 3.55. The van der Waals surface area contributed by atoms with Crippen LogP contribution in [0.25, 0.3) is 11.1 Å². The molecule has 0 radical (unpaired) electrons. The van der Waals surface area contributed by atoms with Gasteiger partial charge in [0.05, 0.1) is 6.04 Å². The van der Waals surface area contributed by atoms with Crippen LogP contribution < -0.4 is 0 Å². The summed E-state index contributed by atoms with van der Waals surface area (Å²) in [4.78, 5) is 11.6. The molecule has 6 nitrogen and oxygen atoms in total. The number of rotatable bonds is 5. The molecule has 1 aliphatic heterocycles. The van der Waals surface area contributed by atoms with Gasteiger partial charge in [0.15, 0.2) is 17.3 Å². The van der Waals surface area contributed by atoms with Crippen molar-refractivity contribution in [3.05, 3.63) is 40.8 Å². The first-order valence-corrected chi connectivity index (χ1v) is 9.64. The van der Waals surface area contributed by atoms with Gasteiger partial charge in [0.1, 0.15) is 5.52 Å². The van der Waals surface area contributed by atoms with Gasteiger partial charge in [-0.05, 0) is 57.5 Å². The van der Waals surface area contributed by atoms with Crippen LogP contribution in [0.4, 0.5) is 0 Å². The van der Waals surface area contributed by atoms with Crippen LogP contribution in [0.15, 0.2) is 27.1 Å². The molecule has 3 aromatic rings. The molecule has 4 rings (SSSR count). The summed E-state index contributed by atoms with van der Waals surface area (Å²) in [6.45, 7) is 6.16. The molecule has 0 N–H and O–H groups in total. The Balaban J connectivity index is 1.41. The van der Waals surface area contributed by atoms with Crippen molar-refractivity contribution in [2.24, 2.45) is 0 Å². The minimum atomic E-state index is 0.136. The zero-order chi connectivity index (χ0) is 18.1. The lowest BCUT2D eigenvalue weighted by Gasteiger charge is -2.33. The lowest BCUT2D eigenvalue weighted by Crippen LogP contribution is -2.35. The predicted molar refractivity (Wildman–Crippen MR) is 99.3 cm³/mol. The standard InChI is InChI=1S/C19H23ClN4O2/c1-3-4-17-22-18(26-23-17)12(2)24-9-7-13(8-10-24)19-21-15-11-14(20)5-6-16(15)25-19/h5-6,11-13H,3-4,7-10H2,1-2H3. The maximum absolute atomic E-state index is 6.04. The second-order valence-electron chi connectivity index (χ2n) is 6.95. The van der Waals surface area contributed by atoms with Gasteiger partial charge in [-0.25, -0.2) is 4.98 Å². The van der Waals surface area contributed by atoms with Crippen LogP contribution in [0, 0.1) is 0 Å². The van der Waals surface area contributed by atoms with Crippen molar-refractivity contribution in [3.63, 3.8) is 0 Å². The predicted octanol–water partition coefficient (Wildman–Crippen LogP) is 4.76. The monoisotopic (exact) mass is 374 g/mol. The van der Waals surface area contributed by atoms with E-state index in [1.165, 1.54) is 0 Å². The van der Waals surface area contributed by atoms with Crippen LogP contribution in [0.2, 0.25) is 5.02 Å². The highest BCUT2D eigenvalue weighted by molar-refractivity contribution is 6.31. The minimum absolute atomic E-state index is 0.136. The highest BCUT2D eigenvalue weighted by Crippen LogP contribution is 2.33. The molecule has 1 aliphatic rings. The average Bonchev–Trinajstić information content (AvgIpc) is 3.28. The molecule has 0 spiro atoms. The Kier molecular flexibility index (Phi) is 4.96. The van der Waals surface area contributed by atoms with Crippen molar-refractivity contribution in [1.82, 2.24) is 20.0 Å². The smallest absolute Gasteiger partial charge is 0.243 e. The maximum atomic E-state index is 6.04. The largest absolute Gasteiger partial charge is 0.440 e. The normalized spacial score (nSPS) is 17.8. The van der Waals surface area contributed by atoms with Gasteiger partial charge in [0.25, 0.3) is 0 Å². The molecule has 1 fully saturated rings. The van der Waals surface area contributed by atoms with E-state index in [1.54, 1.807) is 0 Å². The van der Waals surface area contributed by atoms with Gasteiger partial charge >= 0.3 is 0 Å². The van der Waals surface area contributed by atoms with E-state index in [2.05, 4.69) is 33.9 Å². The van der Waals surface area contributed by atoms with Crippen LogP contribution in [0.3, 0.4) is 0 Å². The Morgan fingerprint density at radius 3 is 2.85 bits per heavy atom. The van der Waals surface area contributed by atoms with Crippen LogP contribution in [-0.4, -0.2) is 33.1 Å². The van der Waals surface area contributed by atoms with Crippen LogP contribution in [-0.2, 0) is 6.42 Å². The number of fused-ring (bicyclic) bond motifs is 1. The summed E-state index contributed by atoms with van der Waals surface area (Å²) in [6.07, 6.45) is 3.89. The Morgan fingerprint density at radius 2 is 2.08 bits per heavy atom. The Labute approximate surface area is 157 Å². The topological polar surface area (TPSA) is 68.2 Å². The second-order valence-corrected chi connectivity index (χ2v) is 7.39. The van der Waals surface area contributed by atoms with Gasteiger partial charge in [-0.1, -0.05) is 23.7 Å². The Hall–Kier alpha value is -1.92. The molecule has 1 aromatic carbocycles. The maximum Gasteiger partial charge on any atom is 0.243 e. The van der Waals surface area contributed by atoms with Gasteiger partial charge < -0.3 is 8.94 Å². The van der Waals surface area contributed by atoms with Crippen LogP contribution in [0.1, 0.15) is 62.7 Å². The fraction of sp³-hybridized carbons (Fsp3) is 0.526. The van der Waals surface area contributed by atoms with Crippen LogP contribution >= 0.6 is 11.6 Å². The first-order valence-electron chi connectivity index (χ1n) is 9.26. The van der Waals surface area contributed by atoms with Gasteiger partial charge in [0, 0.05) is 17.4 Å². The third-order valence-corrected chi connectivity index (χ3v) is 5.34. The van der Waals surface area contributed by atoms with Crippen molar-refractivity contribution >= 4 is 22.7 Å². The number of likely N-dealkylation sites (tertiary alicyclic amines) is 1. The molecule has 1 unspecified atom stereocenters. The summed E-state index contributed by atoms with van der Waals surface area (Å²) in [6, 6.07) is 5.70. The Bertz CT molecular complexity index is 883. The molecular formula is C19H23ClN4O2. The highest BCUT2D eigenvalue weighted by atomic mass is 35.5. The Morgan fingerprint density at radius 1 is 1.27 bits per heavy atom. The third-order valence-electron chi connectivity index (χ3n) is 5.11. The van der Waals surface area contributed by atoms with Crippen molar-refractivity contribution < 1.29 is 8.94 Å². The molecule has 0 aliphatic carbocycles. The van der Waals surface area contributed by atoms with E-state index in [-0.39, 0.29) is 6.04 Å². The molecule has 0 saturated carbocycles. The lowest BCUT2D eigenvalue weighted by atomic mass is 9.96. The number of piperidine rings is 1. The molecule has 26 heavy (non-hydrogen) atoms. The van der Waals surface area contributed by atoms with E-state index in [1.807, 2.05) is 18.2 Å². The first-order chi connectivity index (χ1) is 12.6. The molecule has 1 atom stereocenters. The number of halogens is 1. The van der Waals surface area contributed by atoms with Crippen molar-refractivity contribution in [2.45, 2.75) is 51.5 Å². The number of nitrogens with zero attached hydrogens (tertiary/aromatic N) is 4. The molecule has 0 amide bonds. The summed E-state index contributed by atoms with van der Waals surface area (Å²) in [5.41, 5.74) is 1.63. The number of hydrogen-bond acceptors (Lipinski definition) is 6. The van der Waals surface area contributed by atoms with Gasteiger partial charge in [-0.3, -0.25) is 4.90 Å². The minimum Gasteiger partial charge on any atom is -0.440 e. The lowest BCUT2D eigenvalue weighted by molar-refractivity contribution is 0.131. The molecule has 3 heterocycles. The van der Waals surface area contributed by atoms with Crippen LogP contribution in [0.5, 0.6) is 0 Å². The summed E-state index contributed by atoms with van der Waals surface area (Å²) in [5, 5.41) is 4.75. The number of oxazole rings is 1. The third kappa shape index (κ3) is 3.48. The molecule has 138 valence electrons. The molecule has 2 aromatic heterocycles. The van der Waals surface area contributed by atoms with E-state index in [4.69, 9.17) is 20.5 Å². The van der Waals surface area contributed by atoms with Crippen molar-refractivity contribution in [2.75, 3.05) is 13.1 Å². The van der Waals surface area contributed by atoms with E-state index < -0.39 is 0 Å². The molecule has 0 bridgehead atoms. The summed E-state index contributed by atoms with van der Waals surface area (Å²) in [7, 11) is 0. The highest BCUT2D eigenvalue weighted by Gasteiger charge is 2.29. The van der Waals surface area contributed by atoms with Gasteiger partial charge in [-0.2, -0.15) is 4.98 Å². The molecule has 1 saturated heterocycles. The number of aryl methyl sites for hydroxylation is 1. The summed E-state index contributed by atoms with van der Waals surface area (Å²) >= 11 is 6.04. The molecule has 7 heteroatoms. The number of aromatic nitrogens is 3. The van der Waals surface area contributed by atoms with E-state index in [9.17, 15) is 0 Å². The summed E-state index contributed by atoms with van der Waals surface area (Å²) in [5.74, 6) is 2.67. The van der Waals surface area contributed by atoms with E-state index >= 15 is 0 Å². The zero-order valence-corrected chi connectivity index (χ0v) is 15.9. The summed E-state index contributed by atoms with van der Waals surface area (Å²) < 4.78 is 11.4. The van der Waals surface area contributed by atoms with Gasteiger partial charge in [0.2, 0.25) is 5.89 Å². The molecular weight excluding hydrogens is 352 g/mol. The number of benzene rings is 1. The average molecular weight is 375 g/mol. The quantitative estimate of drug-likeness (QED) is 0.641. The first kappa shape index (κ1) is 17.5. The van der Waals surface area contributed by atoms with Crippen molar-refractivity contribution in [3.8, 4) is 0 Å². The zero-order valence-electron chi connectivity index (χ0n) is 15.1. The van der Waals surface area contributed by atoms with E-state index in [0.29, 0.717) is 16.8 Å². The fourth-order valence-corrected chi connectivity index (χ4v) is 3.71. The SMILES string of the molecule is CCCc1noc(C(C)N2CCC(c3nc4cc(Cl)ccc4o3)CC2)n1. The van der Waals surface area contributed by atoms with Crippen molar-refractivity contribution in [1.29, 1.82) is 0 Å². The van der Waals surface area contributed by atoms with Gasteiger partial charge in [-0.15, -0.1) is 0 Å². The second kappa shape index (κ2) is 7.37. The van der Waals surface area contributed by atoms with E-state index in [0.717, 1.165) is 61.6 Å².